The van der Waals surface area contributed by atoms with Gasteiger partial charge in [-0.1, -0.05) is 11.6 Å². The van der Waals surface area contributed by atoms with Crippen molar-refractivity contribution in [2.24, 2.45) is 0 Å². The fourth-order valence-corrected chi connectivity index (χ4v) is 0.915. The van der Waals surface area contributed by atoms with Crippen LogP contribution in [0.4, 0.5) is 11.6 Å². The van der Waals surface area contributed by atoms with Gasteiger partial charge in [-0.05, 0) is 6.92 Å². The smallest absolute Gasteiger partial charge is 0.150 e. The largest absolute Gasteiger partial charge is 0.394 e. The summed E-state index contributed by atoms with van der Waals surface area (Å²) in [4.78, 5) is 7.59. The molecular weight excluding hydrogens is 192 g/mol. The second kappa shape index (κ2) is 4.25. The average Bonchev–Trinajstić information content (AvgIpc) is 2.13. The molecule has 0 saturated carbocycles. The van der Waals surface area contributed by atoms with E-state index >= 15 is 0 Å². The molecule has 0 aromatic carbocycles. The Labute approximate surface area is 81.0 Å². The quantitative estimate of drug-likeness (QED) is 0.665. The average molecular weight is 203 g/mol. The lowest BCUT2D eigenvalue weighted by atomic mass is 10.3. The van der Waals surface area contributed by atoms with Crippen LogP contribution in [0.15, 0.2) is 6.33 Å². The number of rotatable bonds is 3. The lowest BCUT2D eigenvalue weighted by Crippen LogP contribution is -2.20. The SMILES string of the molecule is CC(CO)Nc1ncnc(N)c1Cl. The topological polar surface area (TPSA) is 84.1 Å². The molecule has 0 spiro atoms. The zero-order valence-electron chi connectivity index (χ0n) is 7.16. The van der Waals surface area contributed by atoms with E-state index in [-0.39, 0.29) is 23.5 Å². The number of aromatic nitrogens is 2. The Bertz CT molecular complexity index is 294. The van der Waals surface area contributed by atoms with E-state index in [0.29, 0.717) is 5.82 Å². The van der Waals surface area contributed by atoms with Crippen molar-refractivity contribution < 1.29 is 5.11 Å². The van der Waals surface area contributed by atoms with E-state index in [0.717, 1.165) is 0 Å². The summed E-state index contributed by atoms with van der Waals surface area (Å²) in [5.41, 5.74) is 5.45. The lowest BCUT2D eigenvalue weighted by Gasteiger charge is -2.12. The Balaban J connectivity index is 2.83. The van der Waals surface area contributed by atoms with Crippen LogP contribution in [0.1, 0.15) is 6.92 Å². The Morgan fingerprint density at radius 1 is 1.69 bits per heavy atom. The zero-order valence-corrected chi connectivity index (χ0v) is 7.91. The van der Waals surface area contributed by atoms with Gasteiger partial charge in [0.1, 0.15) is 17.2 Å². The third kappa shape index (κ3) is 2.43. The maximum absolute atomic E-state index is 8.78. The molecule has 13 heavy (non-hydrogen) atoms. The van der Waals surface area contributed by atoms with E-state index in [9.17, 15) is 0 Å². The van der Waals surface area contributed by atoms with Crippen molar-refractivity contribution in [2.45, 2.75) is 13.0 Å². The maximum Gasteiger partial charge on any atom is 0.150 e. The maximum atomic E-state index is 8.78. The van der Waals surface area contributed by atoms with Gasteiger partial charge in [-0.2, -0.15) is 0 Å². The van der Waals surface area contributed by atoms with Crippen LogP contribution in [0.25, 0.3) is 0 Å². The van der Waals surface area contributed by atoms with E-state index in [1.807, 2.05) is 0 Å². The first kappa shape index (κ1) is 10.0. The summed E-state index contributed by atoms with van der Waals surface area (Å²) in [6.07, 6.45) is 1.31. The lowest BCUT2D eigenvalue weighted by molar-refractivity contribution is 0.281. The molecule has 1 heterocycles. The van der Waals surface area contributed by atoms with Crippen LogP contribution in [0.3, 0.4) is 0 Å². The highest BCUT2D eigenvalue weighted by Crippen LogP contribution is 2.23. The van der Waals surface area contributed by atoms with Gasteiger partial charge in [-0.25, -0.2) is 9.97 Å². The van der Waals surface area contributed by atoms with Gasteiger partial charge in [0.05, 0.1) is 6.61 Å². The summed E-state index contributed by atoms with van der Waals surface area (Å²) in [5, 5.41) is 11.9. The van der Waals surface area contributed by atoms with Gasteiger partial charge in [0.25, 0.3) is 0 Å². The highest BCUT2D eigenvalue weighted by atomic mass is 35.5. The standard InChI is InChI=1S/C7H11ClN4O/c1-4(2-13)12-7-5(8)6(9)10-3-11-7/h3-4,13H,2H2,1H3,(H3,9,10,11,12). The predicted octanol–water partition coefficient (Wildman–Crippen LogP) is 0.505. The van der Waals surface area contributed by atoms with E-state index in [2.05, 4.69) is 15.3 Å². The first-order valence-corrected chi connectivity index (χ1v) is 4.16. The number of anilines is 2. The summed E-state index contributed by atoms with van der Waals surface area (Å²) >= 11 is 5.80. The third-order valence-electron chi connectivity index (χ3n) is 1.47. The van der Waals surface area contributed by atoms with Crippen molar-refractivity contribution in [3.8, 4) is 0 Å². The second-order valence-corrected chi connectivity index (χ2v) is 3.03. The first-order valence-electron chi connectivity index (χ1n) is 3.78. The molecule has 0 aliphatic rings. The van der Waals surface area contributed by atoms with Crippen molar-refractivity contribution >= 4 is 23.2 Å². The number of nitrogen functional groups attached to an aromatic ring is 1. The third-order valence-corrected chi connectivity index (χ3v) is 1.85. The molecular formula is C7H11ClN4O. The van der Waals surface area contributed by atoms with Gasteiger partial charge in [0.2, 0.25) is 0 Å². The van der Waals surface area contributed by atoms with E-state index in [4.69, 9.17) is 22.4 Å². The minimum absolute atomic E-state index is 0.000235. The molecule has 1 unspecified atom stereocenters. The molecule has 1 atom stereocenters. The van der Waals surface area contributed by atoms with Gasteiger partial charge >= 0.3 is 0 Å². The normalized spacial score (nSPS) is 12.5. The Kier molecular flexibility index (Phi) is 3.27. The molecule has 0 aliphatic carbocycles. The second-order valence-electron chi connectivity index (χ2n) is 2.65. The number of aliphatic hydroxyl groups excluding tert-OH is 1. The fourth-order valence-electron chi connectivity index (χ4n) is 0.763. The molecule has 6 heteroatoms. The summed E-state index contributed by atoms with van der Waals surface area (Å²) in [6, 6.07) is -0.119. The van der Waals surface area contributed by atoms with Gasteiger partial charge in [0, 0.05) is 6.04 Å². The van der Waals surface area contributed by atoms with Crippen molar-refractivity contribution in [1.82, 2.24) is 9.97 Å². The van der Waals surface area contributed by atoms with Crippen LogP contribution >= 0.6 is 11.6 Å². The summed E-state index contributed by atoms with van der Waals surface area (Å²) in [7, 11) is 0. The van der Waals surface area contributed by atoms with E-state index in [1.165, 1.54) is 6.33 Å². The van der Waals surface area contributed by atoms with Crippen LogP contribution in [0, 0.1) is 0 Å². The number of hydrogen-bond acceptors (Lipinski definition) is 5. The van der Waals surface area contributed by atoms with Gasteiger partial charge in [-0.3, -0.25) is 0 Å². The predicted molar refractivity (Wildman–Crippen MR) is 51.6 cm³/mol. The fraction of sp³-hybridized carbons (Fsp3) is 0.429. The van der Waals surface area contributed by atoms with Crippen LogP contribution in [0.5, 0.6) is 0 Å². The number of halogens is 1. The molecule has 0 bridgehead atoms. The molecule has 1 aromatic rings. The van der Waals surface area contributed by atoms with E-state index in [1.54, 1.807) is 6.92 Å². The van der Waals surface area contributed by atoms with Gasteiger partial charge < -0.3 is 16.2 Å². The Morgan fingerprint density at radius 3 is 3.00 bits per heavy atom. The monoisotopic (exact) mass is 202 g/mol. The van der Waals surface area contributed by atoms with Crippen molar-refractivity contribution in [1.29, 1.82) is 0 Å². The van der Waals surface area contributed by atoms with Crippen LogP contribution < -0.4 is 11.1 Å². The molecule has 1 rings (SSSR count). The summed E-state index contributed by atoms with van der Waals surface area (Å²) < 4.78 is 0. The minimum Gasteiger partial charge on any atom is -0.394 e. The molecule has 5 nitrogen and oxygen atoms in total. The molecule has 72 valence electrons. The number of hydrogen-bond donors (Lipinski definition) is 3. The van der Waals surface area contributed by atoms with Crippen molar-refractivity contribution in [3.63, 3.8) is 0 Å². The number of nitrogens with two attached hydrogens (primary N) is 1. The van der Waals surface area contributed by atoms with Gasteiger partial charge in [0.15, 0.2) is 5.82 Å². The van der Waals surface area contributed by atoms with Crippen molar-refractivity contribution in [3.05, 3.63) is 11.3 Å². The Morgan fingerprint density at radius 2 is 2.38 bits per heavy atom. The molecule has 0 fully saturated rings. The number of nitrogens with zero attached hydrogens (tertiary/aromatic N) is 2. The van der Waals surface area contributed by atoms with Gasteiger partial charge in [-0.15, -0.1) is 0 Å². The van der Waals surface area contributed by atoms with Crippen LogP contribution in [-0.4, -0.2) is 27.7 Å². The molecule has 1 aromatic heterocycles. The molecule has 0 aliphatic heterocycles. The number of nitrogens with one attached hydrogen (secondary N) is 1. The van der Waals surface area contributed by atoms with E-state index < -0.39 is 0 Å². The van der Waals surface area contributed by atoms with Crippen LogP contribution in [0.2, 0.25) is 5.02 Å². The highest BCUT2D eigenvalue weighted by molar-refractivity contribution is 6.35. The molecule has 0 amide bonds. The highest BCUT2D eigenvalue weighted by Gasteiger charge is 2.08. The summed E-state index contributed by atoms with van der Waals surface area (Å²) in [5.74, 6) is 0.667. The Hall–Kier alpha value is -1.07. The van der Waals surface area contributed by atoms with Crippen molar-refractivity contribution in [2.75, 3.05) is 17.7 Å². The summed E-state index contributed by atoms with van der Waals surface area (Å²) in [6.45, 7) is 1.80. The first-order chi connectivity index (χ1) is 6.15. The number of aliphatic hydroxyl groups is 1. The minimum atomic E-state index is -0.119. The molecule has 4 N–H and O–H groups in total. The van der Waals surface area contributed by atoms with Crippen LogP contribution in [-0.2, 0) is 0 Å². The zero-order chi connectivity index (χ0) is 9.84. The molecule has 0 saturated heterocycles. The molecule has 0 radical (unpaired) electrons.